The molecule has 3 rings (SSSR count). The number of aromatic carboxylic acids is 1. The van der Waals surface area contributed by atoms with Crippen molar-refractivity contribution >= 4 is 17.2 Å². The Kier molecular flexibility index (Phi) is 3.87. The first-order valence-corrected chi connectivity index (χ1v) is 7.80. The molecule has 2 aromatic rings. The number of ether oxygens (including phenoxy) is 1. The lowest BCUT2D eigenvalue weighted by Gasteiger charge is -2.43. The van der Waals surface area contributed by atoms with Crippen LogP contribution < -0.4 is 9.64 Å². The van der Waals surface area contributed by atoms with Gasteiger partial charge in [0, 0.05) is 5.56 Å². The van der Waals surface area contributed by atoms with Gasteiger partial charge in [0.25, 0.3) is 0 Å². The first-order valence-electron chi connectivity index (χ1n) is 7.80. The number of carboxylic acid groups (broad SMARTS) is 1. The minimum atomic E-state index is -1.06. The highest BCUT2D eigenvalue weighted by Gasteiger charge is 2.34. The summed E-state index contributed by atoms with van der Waals surface area (Å²) in [5.74, 6) is 0.281. The average molecular weight is 327 g/mol. The van der Waals surface area contributed by atoms with E-state index in [1.165, 1.54) is 11.6 Å². The van der Waals surface area contributed by atoms with Crippen LogP contribution >= 0.6 is 0 Å². The molecule has 2 heterocycles. The molecule has 0 bridgehead atoms. The van der Waals surface area contributed by atoms with Crippen molar-refractivity contribution in [3.05, 3.63) is 53.5 Å². The second-order valence-corrected chi connectivity index (χ2v) is 6.49. The van der Waals surface area contributed by atoms with Gasteiger partial charge in [-0.25, -0.2) is 4.79 Å². The smallest absolute Gasteiger partial charge is 0.371 e. The lowest BCUT2D eigenvalue weighted by molar-refractivity contribution is 0.0660. The van der Waals surface area contributed by atoms with Gasteiger partial charge in [0.2, 0.25) is 5.76 Å². The third kappa shape index (κ3) is 2.66. The summed E-state index contributed by atoms with van der Waals surface area (Å²) in [6, 6.07) is 9.17. The van der Waals surface area contributed by atoms with E-state index >= 15 is 0 Å². The number of anilines is 1. The van der Waals surface area contributed by atoms with E-state index in [4.69, 9.17) is 14.3 Å². The Labute approximate surface area is 141 Å². The highest BCUT2D eigenvalue weighted by Crippen LogP contribution is 2.45. The average Bonchev–Trinajstić information content (AvgIpc) is 2.99. The van der Waals surface area contributed by atoms with Crippen LogP contribution in [0.2, 0.25) is 0 Å². The van der Waals surface area contributed by atoms with Gasteiger partial charge in [-0.05, 0) is 44.5 Å². The Morgan fingerprint density at radius 2 is 2.04 bits per heavy atom. The maximum absolute atomic E-state index is 11.0. The van der Waals surface area contributed by atoms with Crippen molar-refractivity contribution in [1.29, 1.82) is 0 Å². The van der Waals surface area contributed by atoms with Gasteiger partial charge in [-0.3, -0.25) is 0 Å². The monoisotopic (exact) mass is 327 g/mol. The van der Waals surface area contributed by atoms with E-state index in [2.05, 4.69) is 37.8 Å². The Bertz CT molecular complexity index is 817. The van der Waals surface area contributed by atoms with Crippen LogP contribution in [0.3, 0.4) is 0 Å². The summed E-state index contributed by atoms with van der Waals surface area (Å²) in [5.41, 5.74) is 3.04. The minimum absolute atomic E-state index is 0.0493. The van der Waals surface area contributed by atoms with Crippen LogP contribution in [0.1, 0.15) is 42.6 Å². The molecule has 1 aromatic heterocycles. The van der Waals surface area contributed by atoms with Gasteiger partial charge < -0.3 is 19.2 Å². The predicted molar refractivity (Wildman–Crippen MR) is 92.6 cm³/mol. The van der Waals surface area contributed by atoms with Crippen molar-refractivity contribution in [2.24, 2.45) is 0 Å². The topological polar surface area (TPSA) is 62.9 Å². The Morgan fingerprint density at radius 3 is 2.67 bits per heavy atom. The summed E-state index contributed by atoms with van der Waals surface area (Å²) in [6.45, 7) is 6.78. The zero-order valence-electron chi connectivity index (χ0n) is 14.3. The zero-order valence-corrected chi connectivity index (χ0v) is 14.3. The Hall–Kier alpha value is -2.69. The number of hydrogen-bond donors (Lipinski definition) is 1. The highest BCUT2D eigenvalue weighted by atomic mass is 16.5. The number of rotatable bonds is 4. The third-order valence-corrected chi connectivity index (χ3v) is 4.37. The molecule has 0 radical (unpaired) electrons. The lowest BCUT2D eigenvalue weighted by Crippen LogP contribution is -2.44. The predicted octanol–water partition coefficient (Wildman–Crippen LogP) is 4.19. The first kappa shape index (κ1) is 16.2. The normalized spacial score (nSPS) is 15.7. The number of fused-ring (bicyclic) bond motifs is 1. The molecule has 1 aromatic carbocycles. The van der Waals surface area contributed by atoms with Crippen molar-refractivity contribution in [3.8, 4) is 5.75 Å². The number of hydrogen-bond acceptors (Lipinski definition) is 4. The van der Waals surface area contributed by atoms with Crippen molar-refractivity contribution in [1.82, 2.24) is 0 Å². The van der Waals surface area contributed by atoms with Gasteiger partial charge in [0.05, 0.1) is 24.9 Å². The standard InChI is InChI=1S/C19H21NO4/c1-12-10-19(2,3)20(11-13-8-9-16(24-13)18(21)22)17-14(12)6-5-7-15(17)23-4/h5-10H,11H2,1-4H3,(H,21,22). The number of benzene rings is 1. The molecular formula is C19H21NO4. The van der Waals surface area contributed by atoms with Crippen LogP contribution in [0.4, 0.5) is 5.69 Å². The van der Waals surface area contributed by atoms with Gasteiger partial charge in [-0.1, -0.05) is 18.2 Å². The number of nitrogens with zero attached hydrogens (tertiary/aromatic N) is 1. The summed E-state index contributed by atoms with van der Waals surface area (Å²) in [7, 11) is 1.66. The molecule has 0 spiro atoms. The summed E-state index contributed by atoms with van der Waals surface area (Å²) < 4.78 is 11.0. The van der Waals surface area contributed by atoms with E-state index < -0.39 is 5.97 Å². The van der Waals surface area contributed by atoms with E-state index in [-0.39, 0.29) is 11.3 Å². The molecular weight excluding hydrogens is 306 g/mol. The van der Waals surface area contributed by atoms with Crippen LogP contribution in [0, 0.1) is 0 Å². The summed E-state index contributed by atoms with van der Waals surface area (Å²) in [6.07, 6.45) is 2.20. The molecule has 1 aliphatic heterocycles. The molecule has 5 nitrogen and oxygen atoms in total. The van der Waals surface area contributed by atoms with Crippen molar-refractivity contribution in [3.63, 3.8) is 0 Å². The Morgan fingerprint density at radius 1 is 1.29 bits per heavy atom. The third-order valence-electron chi connectivity index (χ3n) is 4.37. The van der Waals surface area contributed by atoms with E-state index in [9.17, 15) is 4.79 Å². The van der Waals surface area contributed by atoms with Crippen LogP contribution in [0.15, 0.2) is 40.8 Å². The molecule has 126 valence electrons. The molecule has 0 saturated heterocycles. The van der Waals surface area contributed by atoms with Gasteiger partial charge >= 0.3 is 5.97 Å². The van der Waals surface area contributed by atoms with E-state index in [1.807, 2.05) is 12.1 Å². The fourth-order valence-corrected chi connectivity index (χ4v) is 3.27. The van der Waals surface area contributed by atoms with Gasteiger partial charge in [0.1, 0.15) is 11.5 Å². The second kappa shape index (κ2) is 5.74. The number of allylic oxidation sites excluding steroid dienone is 1. The second-order valence-electron chi connectivity index (χ2n) is 6.49. The highest BCUT2D eigenvalue weighted by molar-refractivity contribution is 5.85. The molecule has 1 aliphatic rings. The van der Waals surface area contributed by atoms with Crippen LogP contribution in [0.5, 0.6) is 5.75 Å². The largest absolute Gasteiger partial charge is 0.495 e. The molecule has 5 heteroatoms. The first-order chi connectivity index (χ1) is 11.3. The van der Waals surface area contributed by atoms with E-state index in [0.717, 1.165) is 17.0 Å². The molecule has 0 unspecified atom stereocenters. The zero-order chi connectivity index (χ0) is 17.5. The lowest BCUT2D eigenvalue weighted by atomic mass is 9.88. The summed E-state index contributed by atoms with van der Waals surface area (Å²) >= 11 is 0. The molecule has 0 atom stereocenters. The van der Waals surface area contributed by atoms with Gasteiger partial charge in [-0.15, -0.1) is 0 Å². The number of methoxy groups -OCH3 is 1. The van der Waals surface area contributed by atoms with Gasteiger partial charge in [-0.2, -0.15) is 0 Å². The van der Waals surface area contributed by atoms with Crippen molar-refractivity contribution in [2.45, 2.75) is 32.9 Å². The SMILES string of the molecule is COc1cccc2c1N(Cc1ccc(C(=O)O)o1)C(C)(C)C=C2C. The fourth-order valence-electron chi connectivity index (χ4n) is 3.27. The number of carbonyl (C=O) groups is 1. The van der Waals surface area contributed by atoms with Crippen LogP contribution in [0.25, 0.3) is 5.57 Å². The maximum atomic E-state index is 11.0. The van der Waals surface area contributed by atoms with Crippen molar-refractivity contribution in [2.75, 3.05) is 12.0 Å². The number of carboxylic acids is 1. The minimum Gasteiger partial charge on any atom is -0.495 e. The number of para-hydroxylation sites is 1. The van der Waals surface area contributed by atoms with Crippen LogP contribution in [-0.4, -0.2) is 23.7 Å². The van der Waals surface area contributed by atoms with Gasteiger partial charge in [0.15, 0.2) is 0 Å². The molecule has 0 fully saturated rings. The Balaban J connectivity index is 2.07. The van der Waals surface area contributed by atoms with E-state index in [0.29, 0.717) is 12.3 Å². The molecule has 1 N–H and O–H groups in total. The fraction of sp³-hybridized carbons (Fsp3) is 0.316. The quantitative estimate of drug-likeness (QED) is 0.912. The number of furan rings is 1. The summed E-state index contributed by atoms with van der Waals surface area (Å²) in [5, 5.41) is 9.04. The molecule has 24 heavy (non-hydrogen) atoms. The summed E-state index contributed by atoms with van der Waals surface area (Å²) in [4.78, 5) is 13.2. The van der Waals surface area contributed by atoms with Crippen molar-refractivity contribution < 1.29 is 19.1 Å². The van der Waals surface area contributed by atoms with E-state index in [1.54, 1.807) is 13.2 Å². The maximum Gasteiger partial charge on any atom is 0.371 e. The molecule has 0 saturated carbocycles. The van der Waals surface area contributed by atoms with Crippen LogP contribution in [-0.2, 0) is 6.54 Å². The molecule has 0 aliphatic carbocycles. The molecule has 0 amide bonds.